The van der Waals surface area contributed by atoms with Crippen LogP contribution < -0.4 is 5.32 Å². The van der Waals surface area contributed by atoms with E-state index >= 15 is 0 Å². The number of nitrogens with zero attached hydrogens (tertiary/aromatic N) is 1. The Labute approximate surface area is 138 Å². The van der Waals surface area contributed by atoms with Crippen LogP contribution in [-0.4, -0.2) is 46.5 Å². The van der Waals surface area contributed by atoms with Gasteiger partial charge in [-0.05, 0) is 47.5 Å². The normalized spacial score (nSPS) is 22.3. The first-order valence-electron chi connectivity index (χ1n) is 8.02. The summed E-state index contributed by atoms with van der Waals surface area (Å²) in [5.41, 5.74) is -0.534. The van der Waals surface area contributed by atoms with Gasteiger partial charge in [-0.2, -0.15) is 0 Å². The van der Waals surface area contributed by atoms with E-state index in [1.165, 1.54) is 0 Å². The summed E-state index contributed by atoms with van der Waals surface area (Å²) in [6, 6.07) is -0.0981. The van der Waals surface area contributed by atoms with E-state index in [0.717, 1.165) is 25.7 Å². The van der Waals surface area contributed by atoms with Crippen molar-refractivity contribution in [1.82, 2.24) is 10.2 Å². The number of rotatable bonds is 4. The second-order valence-electron chi connectivity index (χ2n) is 7.14. The van der Waals surface area contributed by atoms with Gasteiger partial charge in [-0.1, -0.05) is 12.8 Å². The Morgan fingerprint density at radius 3 is 2.36 bits per heavy atom. The SMILES string of the molecule is CC(C)N(C(=O)OC(C)(C)C)[C@H]1CCCC[C@H]1NC(=O)CCl. The topological polar surface area (TPSA) is 58.6 Å². The maximum Gasteiger partial charge on any atom is 0.410 e. The van der Waals surface area contributed by atoms with E-state index in [-0.39, 0.29) is 36.0 Å². The molecule has 1 aliphatic rings. The molecule has 1 aliphatic carbocycles. The Bertz CT molecular complexity index is 393. The average Bonchev–Trinajstić information content (AvgIpc) is 2.38. The van der Waals surface area contributed by atoms with Crippen LogP contribution in [0, 0.1) is 0 Å². The van der Waals surface area contributed by atoms with Crippen molar-refractivity contribution in [2.24, 2.45) is 0 Å². The number of amides is 2. The molecule has 0 unspecified atom stereocenters. The summed E-state index contributed by atoms with van der Waals surface area (Å²) in [7, 11) is 0. The highest BCUT2D eigenvalue weighted by molar-refractivity contribution is 6.27. The van der Waals surface area contributed by atoms with Gasteiger partial charge in [0.25, 0.3) is 0 Å². The molecule has 1 N–H and O–H groups in total. The standard InChI is InChI=1S/C16H29ClN2O3/c1-11(2)19(15(21)22-16(3,4)5)13-9-7-6-8-12(13)18-14(20)10-17/h11-13H,6-10H2,1-5H3,(H,18,20)/t12-,13+/m1/s1. The fourth-order valence-electron chi connectivity index (χ4n) is 2.90. The van der Waals surface area contributed by atoms with Gasteiger partial charge in [-0.3, -0.25) is 4.79 Å². The molecule has 0 aromatic carbocycles. The Hall–Kier alpha value is -0.970. The second-order valence-corrected chi connectivity index (χ2v) is 7.41. The fraction of sp³-hybridized carbons (Fsp3) is 0.875. The van der Waals surface area contributed by atoms with Gasteiger partial charge in [0.2, 0.25) is 5.91 Å². The molecular weight excluding hydrogens is 304 g/mol. The van der Waals surface area contributed by atoms with Crippen LogP contribution in [-0.2, 0) is 9.53 Å². The lowest BCUT2D eigenvalue weighted by Crippen LogP contribution is -2.58. The minimum Gasteiger partial charge on any atom is -0.444 e. The highest BCUT2D eigenvalue weighted by atomic mass is 35.5. The number of halogens is 1. The van der Waals surface area contributed by atoms with Crippen molar-refractivity contribution in [3.8, 4) is 0 Å². The van der Waals surface area contributed by atoms with Crippen molar-refractivity contribution in [2.45, 2.75) is 84.0 Å². The van der Waals surface area contributed by atoms with Crippen molar-refractivity contribution in [2.75, 3.05) is 5.88 Å². The van der Waals surface area contributed by atoms with Crippen LogP contribution in [0.4, 0.5) is 4.79 Å². The van der Waals surface area contributed by atoms with Gasteiger partial charge >= 0.3 is 6.09 Å². The van der Waals surface area contributed by atoms with E-state index in [9.17, 15) is 9.59 Å². The van der Waals surface area contributed by atoms with E-state index in [0.29, 0.717) is 0 Å². The number of carbonyl (C=O) groups is 2. The molecular formula is C16H29ClN2O3. The van der Waals surface area contributed by atoms with Crippen molar-refractivity contribution in [1.29, 1.82) is 0 Å². The van der Waals surface area contributed by atoms with E-state index in [1.807, 2.05) is 34.6 Å². The number of carbonyl (C=O) groups excluding carboxylic acids is 2. The van der Waals surface area contributed by atoms with Crippen LogP contribution in [0.5, 0.6) is 0 Å². The summed E-state index contributed by atoms with van der Waals surface area (Å²) in [6.07, 6.45) is 3.50. The van der Waals surface area contributed by atoms with E-state index < -0.39 is 5.60 Å². The van der Waals surface area contributed by atoms with Gasteiger partial charge in [0.15, 0.2) is 0 Å². The smallest absolute Gasteiger partial charge is 0.410 e. The van der Waals surface area contributed by atoms with Gasteiger partial charge in [0.05, 0.1) is 6.04 Å². The molecule has 0 heterocycles. The highest BCUT2D eigenvalue weighted by Gasteiger charge is 2.37. The zero-order valence-electron chi connectivity index (χ0n) is 14.3. The third-order valence-electron chi connectivity index (χ3n) is 3.72. The molecule has 5 nitrogen and oxygen atoms in total. The Morgan fingerprint density at radius 1 is 1.27 bits per heavy atom. The van der Waals surface area contributed by atoms with Crippen LogP contribution in [0.3, 0.4) is 0 Å². The summed E-state index contributed by atoms with van der Waals surface area (Å²) >= 11 is 5.59. The molecule has 1 saturated carbocycles. The summed E-state index contributed by atoms with van der Waals surface area (Å²) in [6.45, 7) is 9.52. The van der Waals surface area contributed by atoms with Gasteiger partial charge in [-0.15, -0.1) is 11.6 Å². The van der Waals surface area contributed by atoms with Crippen molar-refractivity contribution < 1.29 is 14.3 Å². The van der Waals surface area contributed by atoms with Gasteiger partial charge in [-0.25, -0.2) is 4.79 Å². The Kier molecular flexibility index (Phi) is 6.98. The third kappa shape index (κ3) is 5.67. The molecule has 2 amide bonds. The molecule has 0 aliphatic heterocycles. The van der Waals surface area contributed by atoms with Gasteiger partial charge in [0.1, 0.15) is 11.5 Å². The van der Waals surface area contributed by atoms with E-state index in [4.69, 9.17) is 16.3 Å². The monoisotopic (exact) mass is 332 g/mol. The number of ether oxygens (including phenoxy) is 1. The van der Waals surface area contributed by atoms with Crippen LogP contribution in [0.25, 0.3) is 0 Å². The zero-order chi connectivity index (χ0) is 16.9. The number of hydrogen-bond acceptors (Lipinski definition) is 3. The molecule has 1 fully saturated rings. The molecule has 0 bridgehead atoms. The highest BCUT2D eigenvalue weighted by Crippen LogP contribution is 2.26. The van der Waals surface area contributed by atoms with Gasteiger partial charge in [0, 0.05) is 12.1 Å². The molecule has 0 aromatic heterocycles. The first-order chi connectivity index (χ1) is 10.2. The van der Waals surface area contributed by atoms with Crippen molar-refractivity contribution >= 4 is 23.6 Å². The zero-order valence-corrected chi connectivity index (χ0v) is 15.1. The maximum absolute atomic E-state index is 12.6. The minimum absolute atomic E-state index is 0.00773. The molecule has 0 saturated heterocycles. The molecule has 128 valence electrons. The first kappa shape index (κ1) is 19.1. The number of hydrogen-bond donors (Lipinski definition) is 1. The summed E-state index contributed by atoms with van der Waals surface area (Å²) in [4.78, 5) is 26.0. The average molecular weight is 333 g/mol. The predicted molar refractivity (Wildman–Crippen MR) is 88.1 cm³/mol. The largest absolute Gasteiger partial charge is 0.444 e. The van der Waals surface area contributed by atoms with E-state index in [2.05, 4.69) is 5.32 Å². The minimum atomic E-state index is -0.534. The summed E-state index contributed by atoms with van der Waals surface area (Å²) < 4.78 is 5.54. The Balaban J connectivity index is 2.90. The van der Waals surface area contributed by atoms with Crippen molar-refractivity contribution in [3.05, 3.63) is 0 Å². The van der Waals surface area contributed by atoms with Crippen LogP contribution in [0.1, 0.15) is 60.3 Å². The molecule has 0 radical (unpaired) electrons. The summed E-state index contributed by atoms with van der Waals surface area (Å²) in [5, 5.41) is 2.95. The molecule has 1 rings (SSSR count). The first-order valence-corrected chi connectivity index (χ1v) is 8.56. The molecule has 22 heavy (non-hydrogen) atoms. The second kappa shape index (κ2) is 8.04. The molecule has 0 spiro atoms. The lowest BCUT2D eigenvalue weighted by atomic mass is 9.88. The number of alkyl halides is 1. The molecule has 2 atom stereocenters. The van der Waals surface area contributed by atoms with Crippen LogP contribution in [0.2, 0.25) is 0 Å². The lowest BCUT2D eigenvalue weighted by Gasteiger charge is -2.42. The molecule has 6 heteroatoms. The van der Waals surface area contributed by atoms with Crippen LogP contribution >= 0.6 is 11.6 Å². The predicted octanol–water partition coefficient (Wildman–Crippen LogP) is 3.30. The fourth-order valence-corrected chi connectivity index (χ4v) is 2.98. The number of nitrogens with one attached hydrogen (secondary N) is 1. The van der Waals surface area contributed by atoms with Crippen molar-refractivity contribution in [3.63, 3.8) is 0 Å². The maximum atomic E-state index is 12.6. The lowest BCUT2D eigenvalue weighted by molar-refractivity contribution is -0.120. The quantitative estimate of drug-likeness (QED) is 0.803. The summed E-state index contributed by atoms with van der Waals surface area (Å²) in [5.74, 6) is -0.247. The third-order valence-corrected chi connectivity index (χ3v) is 3.96. The van der Waals surface area contributed by atoms with E-state index in [1.54, 1.807) is 4.90 Å². The molecule has 0 aromatic rings. The van der Waals surface area contributed by atoms with Gasteiger partial charge < -0.3 is 15.0 Å². The Morgan fingerprint density at radius 2 is 1.86 bits per heavy atom. The van der Waals surface area contributed by atoms with Crippen LogP contribution in [0.15, 0.2) is 0 Å².